The Morgan fingerprint density at radius 2 is 1.07 bits per heavy atom. The summed E-state index contributed by atoms with van der Waals surface area (Å²) < 4.78 is 13.2. The Labute approximate surface area is 364 Å². The van der Waals surface area contributed by atoms with Crippen LogP contribution >= 0.6 is 23.2 Å². The molecule has 27 heteroatoms. The standard InChI is InChI=1S/C10H12N4O2.C8H8N4O2.C8H12N4O2.C5H7ClN4.C2H3ClO.Li.H2O/c1-4-16-10(15)8-7-9(12-5-11-8)14(3)6(2)13-7;1-4-11-5-6(8(13)14)9-3-10-7(5)12(4)2;1-3-14-8(13)6-5(9)7(10-2)12-4-11-6;1-8-5-3(7)4(6)9-2-10-5;1-2(3)4;;/h5H,4H2,1-3H3;3H,1-2H3,(H,13,14);4H,3,9H2,1-2H3,(H,10,11,12);2H,7H2,1H3,(H,8,9,10);1H3;;1H2/q;;;;;+1;/p-1. The van der Waals surface area contributed by atoms with Crippen LogP contribution in [0.15, 0.2) is 25.3 Å². The fourth-order valence-electron chi connectivity index (χ4n) is 4.25. The minimum Gasteiger partial charge on any atom is -0.870 e. The monoisotopic (exact) mass is 868 g/mol. The molecule has 6 aromatic rings. The van der Waals surface area contributed by atoms with Crippen LogP contribution in [0.1, 0.15) is 63.9 Å². The van der Waals surface area contributed by atoms with Crippen LogP contribution in [0.3, 0.4) is 0 Å². The minimum atomic E-state index is -1.09. The van der Waals surface area contributed by atoms with Gasteiger partial charge in [0.2, 0.25) is 5.24 Å². The average molecular weight is 870 g/mol. The molecule has 24 nitrogen and oxygen atoms in total. The Morgan fingerprint density at radius 3 is 1.48 bits per heavy atom. The zero-order valence-electron chi connectivity index (χ0n) is 34.3. The van der Waals surface area contributed by atoms with Crippen LogP contribution < -0.4 is 41.0 Å². The predicted octanol–water partition coefficient (Wildman–Crippen LogP) is -0.152. The van der Waals surface area contributed by atoms with Gasteiger partial charge in [-0.25, -0.2) is 64.2 Å². The van der Waals surface area contributed by atoms with E-state index in [0.29, 0.717) is 52.1 Å². The van der Waals surface area contributed by atoms with Gasteiger partial charge in [0.15, 0.2) is 45.2 Å². The Bertz CT molecular complexity index is 2380. The van der Waals surface area contributed by atoms with E-state index in [1.165, 1.54) is 32.2 Å². The smallest absolute Gasteiger partial charge is 0.870 e. The predicted molar refractivity (Wildman–Crippen MR) is 216 cm³/mol. The first kappa shape index (κ1) is 53.7. The Kier molecular flexibility index (Phi) is 23.2. The number of halogens is 2. The number of nitrogens with one attached hydrogen (secondary N) is 2. The number of carbonyl (C=O) groups is 4. The number of carbonyl (C=O) groups excluding carboxylic acids is 3. The number of nitrogens with two attached hydrogens (primary N) is 2. The van der Waals surface area contributed by atoms with Gasteiger partial charge in [0, 0.05) is 35.1 Å². The number of imidazole rings is 2. The molecule has 0 radical (unpaired) electrons. The normalized spacial score (nSPS) is 9.58. The molecule has 6 aromatic heterocycles. The summed E-state index contributed by atoms with van der Waals surface area (Å²) in [7, 11) is 7.00. The maximum atomic E-state index is 11.6. The molecule has 0 aromatic carbocycles. The number of carboxylic acids is 1. The Morgan fingerprint density at radius 1 is 0.700 bits per heavy atom. The maximum absolute atomic E-state index is 11.6. The number of rotatable bonds is 7. The van der Waals surface area contributed by atoms with E-state index in [-0.39, 0.29) is 64.1 Å². The number of aromatic carboxylic acids is 1. The third-order valence-corrected chi connectivity index (χ3v) is 7.39. The zero-order chi connectivity index (χ0) is 43.7. The van der Waals surface area contributed by atoms with Crippen molar-refractivity contribution in [1.29, 1.82) is 0 Å². The van der Waals surface area contributed by atoms with E-state index in [9.17, 15) is 19.2 Å². The number of carboxylic acid groups (broad SMARTS) is 1. The Balaban J connectivity index is 0.000000750. The molecule has 0 bridgehead atoms. The van der Waals surface area contributed by atoms with Crippen LogP contribution in [0.2, 0.25) is 5.15 Å². The zero-order valence-corrected chi connectivity index (χ0v) is 35.9. The average Bonchev–Trinajstić information content (AvgIpc) is 3.65. The van der Waals surface area contributed by atoms with E-state index in [1.807, 2.05) is 14.0 Å². The third kappa shape index (κ3) is 14.5. The first-order chi connectivity index (χ1) is 27.4. The van der Waals surface area contributed by atoms with Crippen molar-refractivity contribution >= 4 is 91.7 Å². The molecule has 0 unspecified atom stereocenters. The van der Waals surface area contributed by atoms with Crippen LogP contribution in [0.4, 0.5) is 23.0 Å². The van der Waals surface area contributed by atoms with Gasteiger partial charge in [-0.3, -0.25) is 4.79 Å². The number of nitrogen functional groups attached to an aromatic ring is 2. The quantitative estimate of drug-likeness (QED) is 0.0602. The van der Waals surface area contributed by atoms with Crippen molar-refractivity contribution in [3.8, 4) is 0 Å². The number of hydrogen-bond acceptors (Lipinski definition) is 21. The van der Waals surface area contributed by atoms with Gasteiger partial charge in [-0.2, -0.15) is 0 Å². The van der Waals surface area contributed by atoms with Crippen molar-refractivity contribution < 1.29 is 58.1 Å². The maximum Gasteiger partial charge on any atom is 1.00 e. The van der Waals surface area contributed by atoms with Crippen molar-refractivity contribution in [2.24, 2.45) is 14.1 Å². The summed E-state index contributed by atoms with van der Waals surface area (Å²) >= 11 is 10.2. The van der Waals surface area contributed by atoms with Crippen LogP contribution in [-0.2, 0) is 28.4 Å². The van der Waals surface area contributed by atoms with Gasteiger partial charge in [-0.05, 0) is 39.3 Å². The number of anilines is 4. The van der Waals surface area contributed by atoms with Crippen LogP contribution in [-0.4, -0.2) is 120 Å². The molecule has 0 aliphatic carbocycles. The van der Waals surface area contributed by atoms with Crippen LogP contribution in [0.25, 0.3) is 22.3 Å². The molecule has 0 aliphatic rings. The van der Waals surface area contributed by atoms with E-state index in [2.05, 4.69) is 72.1 Å². The molecule has 60 heavy (non-hydrogen) atoms. The molecule has 318 valence electrons. The molecule has 6 rings (SSSR count). The second kappa shape index (κ2) is 25.9. The van der Waals surface area contributed by atoms with E-state index in [4.69, 9.17) is 37.6 Å². The molecule has 0 saturated heterocycles. The van der Waals surface area contributed by atoms with Gasteiger partial charge in [0.25, 0.3) is 0 Å². The van der Waals surface area contributed by atoms with Gasteiger partial charge in [0.1, 0.15) is 59.4 Å². The number of aromatic nitrogens is 12. The molecule has 0 aliphatic heterocycles. The Hall–Kier alpha value is -6.32. The fourth-order valence-corrected chi connectivity index (χ4v) is 4.38. The number of esters is 2. The molecule has 6 heterocycles. The third-order valence-electron chi connectivity index (χ3n) is 7.09. The molecule has 8 N–H and O–H groups in total. The molecule has 0 saturated carbocycles. The SMILES string of the molecule is CC(=O)Cl.CCOC(=O)c1ncnc(NC)c1N.CCOC(=O)c1ncnc2c1nc(C)n2C.CNc1ncnc(Cl)c1N.Cc1nc2c(C(=O)O)ncnc2n1C.[Li+].[OH-]. The van der Waals surface area contributed by atoms with Crippen molar-refractivity contribution in [2.75, 3.05) is 49.4 Å². The second-order valence-electron chi connectivity index (χ2n) is 10.9. The summed E-state index contributed by atoms with van der Waals surface area (Å²) in [5.41, 5.74) is 13.9. The van der Waals surface area contributed by atoms with Crippen molar-refractivity contribution in [1.82, 2.24) is 59.0 Å². The summed E-state index contributed by atoms with van der Waals surface area (Å²) in [6.07, 6.45) is 5.18. The van der Waals surface area contributed by atoms with Gasteiger partial charge in [0.05, 0.1) is 13.2 Å². The number of hydrogen-bond donors (Lipinski definition) is 5. The summed E-state index contributed by atoms with van der Waals surface area (Å²) in [6, 6.07) is 0. The van der Waals surface area contributed by atoms with Gasteiger partial charge < -0.3 is 51.3 Å². The van der Waals surface area contributed by atoms with Crippen LogP contribution in [0, 0.1) is 13.8 Å². The van der Waals surface area contributed by atoms with Gasteiger partial charge >= 0.3 is 36.8 Å². The van der Waals surface area contributed by atoms with E-state index in [1.54, 1.807) is 51.0 Å². The molecule has 0 atom stereocenters. The summed E-state index contributed by atoms with van der Waals surface area (Å²) in [4.78, 5) is 82.0. The van der Waals surface area contributed by atoms with Crippen molar-refractivity contribution in [3.05, 3.63) is 59.2 Å². The van der Waals surface area contributed by atoms with Crippen molar-refractivity contribution in [2.45, 2.75) is 34.6 Å². The van der Waals surface area contributed by atoms with E-state index in [0.717, 1.165) is 5.82 Å². The first-order valence-electron chi connectivity index (χ1n) is 16.7. The van der Waals surface area contributed by atoms with Gasteiger partial charge in [-0.1, -0.05) is 11.6 Å². The molecular weight excluding hydrogens is 826 g/mol. The first-order valence-corrected chi connectivity index (χ1v) is 17.4. The summed E-state index contributed by atoms with van der Waals surface area (Å²) in [5, 5.41) is 14.3. The summed E-state index contributed by atoms with van der Waals surface area (Å²) in [5.74, 6) is 0.375. The van der Waals surface area contributed by atoms with Gasteiger partial charge in [-0.15, -0.1) is 0 Å². The number of nitrogens with zero attached hydrogens (tertiary/aromatic N) is 12. The topological polar surface area (TPSA) is 352 Å². The molecule has 0 fully saturated rings. The molecular formula is C33H43Cl2LiN16O8. The number of fused-ring (bicyclic) bond motifs is 2. The molecule has 0 amide bonds. The number of ether oxygens (including phenoxy) is 2. The van der Waals surface area contributed by atoms with Crippen LogP contribution in [0.5, 0.6) is 0 Å². The second-order valence-corrected chi connectivity index (χ2v) is 11.7. The molecule has 0 spiro atoms. The van der Waals surface area contributed by atoms with E-state index >= 15 is 0 Å². The van der Waals surface area contributed by atoms with Crippen molar-refractivity contribution in [3.63, 3.8) is 0 Å². The number of aryl methyl sites for hydroxylation is 4. The largest absolute Gasteiger partial charge is 1.00 e. The summed E-state index contributed by atoms with van der Waals surface area (Å²) in [6.45, 7) is 8.99. The minimum absolute atomic E-state index is 0. The fraction of sp³-hybridized carbons (Fsp3) is 0.333. The van der Waals surface area contributed by atoms with E-state index < -0.39 is 17.9 Å².